The molecule has 8 nitrogen and oxygen atoms in total. The molecule has 0 unspecified atom stereocenters. The number of nitrogens with zero attached hydrogens (tertiary/aromatic N) is 2. The second kappa shape index (κ2) is 14.4. The van der Waals surface area contributed by atoms with Crippen LogP contribution in [0.15, 0.2) is 108 Å². The number of aromatic nitrogens is 1. The molecule has 1 aliphatic carbocycles. The van der Waals surface area contributed by atoms with Crippen LogP contribution in [-0.2, 0) is 45.5 Å². The van der Waals surface area contributed by atoms with Crippen molar-refractivity contribution >= 4 is 21.8 Å². The number of hydrogen-bond acceptors (Lipinski definition) is 5. The summed E-state index contributed by atoms with van der Waals surface area (Å²) >= 11 is 0. The molecule has 5 rings (SSSR count). The summed E-state index contributed by atoms with van der Waals surface area (Å²) in [6, 6.07) is 26.5. The van der Waals surface area contributed by atoms with E-state index in [2.05, 4.69) is 15.0 Å². The second-order valence-electron chi connectivity index (χ2n) is 10.9. The molecule has 0 radical (unpaired) electrons. The van der Waals surface area contributed by atoms with E-state index in [1.54, 1.807) is 53.6 Å². The van der Waals surface area contributed by atoms with E-state index < -0.39 is 21.9 Å². The maximum atomic E-state index is 13.9. The number of benzene rings is 3. The first kappa shape index (κ1) is 31.0. The number of carbonyl (C=O) groups is 2. The normalized spacial score (nSPS) is 13.7. The number of nitrogens with one attached hydrogen (secondary N) is 2. The zero-order valence-electron chi connectivity index (χ0n) is 24.2. The Morgan fingerprint density at radius 3 is 2.20 bits per heavy atom. The zero-order valence-corrected chi connectivity index (χ0v) is 25.0. The highest BCUT2D eigenvalue weighted by Gasteiger charge is 2.31. The maximum absolute atomic E-state index is 13.9. The highest BCUT2D eigenvalue weighted by atomic mass is 32.2. The minimum atomic E-state index is -3.57. The van der Waals surface area contributed by atoms with Gasteiger partial charge >= 0.3 is 0 Å². The largest absolute Gasteiger partial charge is 0.349 e. The van der Waals surface area contributed by atoms with Crippen molar-refractivity contribution in [3.63, 3.8) is 0 Å². The summed E-state index contributed by atoms with van der Waals surface area (Å²) in [7, 11) is -3.57. The first-order valence-corrected chi connectivity index (χ1v) is 16.1. The fourth-order valence-corrected chi connectivity index (χ4v) is 6.16. The molecule has 1 heterocycles. The van der Waals surface area contributed by atoms with E-state index in [4.69, 9.17) is 0 Å². The molecule has 1 atom stereocenters. The lowest BCUT2D eigenvalue weighted by atomic mass is 10.0. The predicted octanol–water partition coefficient (Wildman–Crippen LogP) is 4.55. The van der Waals surface area contributed by atoms with Gasteiger partial charge in [-0.2, -0.15) is 0 Å². The number of hydrogen-bond donors (Lipinski definition) is 2. The Bertz CT molecular complexity index is 1650. The average molecular weight is 615 g/mol. The molecule has 228 valence electrons. The second-order valence-corrected chi connectivity index (χ2v) is 12.6. The first-order chi connectivity index (χ1) is 21.3. The Labute approximate surface area is 257 Å². The zero-order chi connectivity index (χ0) is 30.9. The van der Waals surface area contributed by atoms with Crippen molar-refractivity contribution in [1.82, 2.24) is 19.9 Å². The molecule has 1 fully saturated rings. The van der Waals surface area contributed by atoms with Crippen LogP contribution in [0.1, 0.15) is 41.6 Å². The third-order valence-corrected chi connectivity index (χ3v) is 9.00. The molecule has 3 aromatic carbocycles. The van der Waals surface area contributed by atoms with Gasteiger partial charge in [0.15, 0.2) is 0 Å². The molecule has 0 saturated heterocycles. The Balaban J connectivity index is 1.36. The lowest BCUT2D eigenvalue weighted by Gasteiger charge is -2.31. The Morgan fingerprint density at radius 2 is 1.55 bits per heavy atom. The lowest BCUT2D eigenvalue weighted by molar-refractivity contribution is -0.141. The van der Waals surface area contributed by atoms with Gasteiger partial charge in [-0.15, -0.1) is 0 Å². The van der Waals surface area contributed by atoms with Crippen LogP contribution >= 0.6 is 0 Å². The average Bonchev–Trinajstić information content (AvgIpc) is 3.86. The fourth-order valence-electron chi connectivity index (χ4n) is 4.86. The maximum Gasteiger partial charge on any atom is 0.243 e. The van der Waals surface area contributed by atoms with Crippen molar-refractivity contribution in [2.45, 2.75) is 62.2 Å². The Morgan fingerprint density at radius 1 is 0.864 bits per heavy atom. The van der Waals surface area contributed by atoms with Crippen molar-refractivity contribution in [3.8, 4) is 0 Å². The van der Waals surface area contributed by atoms with Crippen LogP contribution < -0.4 is 10.0 Å². The third-order valence-electron chi connectivity index (χ3n) is 7.47. The first-order valence-electron chi connectivity index (χ1n) is 14.6. The molecule has 1 saturated carbocycles. The van der Waals surface area contributed by atoms with Gasteiger partial charge in [0.05, 0.1) is 17.1 Å². The van der Waals surface area contributed by atoms with Crippen molar-refractivity contribution in [2.75, 3.05) is 0 Å². The highest BCUT2D eigenvalue weighted by Crippen LogP contribution is 2.23. The van der Waals surface area contributed by atoms with E-state index in [1.807, 2.05) is 42.5 Å². The summed E-state index contributed by atoms with van der Waals surface area (Å²) in [5, 5.41) is 2.94. The summed E-state index contributed by atoms with van der Waals surface area (Å²) in [6.07, 6.45) is 4.07. The van der Waals surface area contributed by atoms with Crippen LogP contribution in [0.25, 0.3) is 0 Å². The smallest absolute Gasteiger partial charge is 0.243 e. The SMILES string of the molecule is O=C(NCc1ccccn1)[C@H](Cc1ccccc1)N(Cc1ccc(F)cc1)C(=O)CCc1ccc(S(=O)(=O)NC2CC2)cc1. The van der Waals surface area contributed by atoms with Crippen molar-refractivity contribution in [1.29, 1.82) is 0 Å². The molecule has 44 heavy (non-hydrogen) atoms. The topological polar surface area (TPSA) is 108 Å². The van der Waals surface area contributed by atoms with E-state index in [1.165, 1.54) is 12.1 Å². The van der Waals surface area contributed by atoms with Gasteiger partial charge in [-0.05, 0) is 72.4 Å². The number of aryl methyl sites for hydroxylation is 1. The summed E-state index contributed by atoms with van der Waals surface area (Å²) in [6.45, 7) is 0.312. The molecule has 2 N–H and O–H groups in total. The summed E-state index contributed by atoms with van der Waals surface area (Å²) in [5.41, 5.74) is 3.06. The van der Waals surface area contributed by atoms with E-state index in [0.29, 0.717) is 17.7 Å². The Hall–Kier alpha value is -4.41. The van der Waals surface area contributed by atoms with Crippen molar-refractivity contribution in [3.05, 3.63) is 131 Å². The predicted molar refractivity (Wildman–Crippen MR) is 165 cm³/mol. The molecule has 1 aliphatic rings. The van der Waals surface area contributed by atoms with Gasteiger partial charge in [-0.1, -0.05) is 60.7 Å². The molecular formula is C34H35FN4O4S. The number of pyridine rings is 1. The van der Waals surface area contributed by atoms with Crippen LogP contribution in [0.5, 0.6) is 0 Å². The summed E-state index contributed by atoms with van der Waals surface area (Å²) in [5.74, 6) is -0.971. The third kappa shape index (κ3) is 8.81. The Kier molecular flexibility index (Phi) is 10.1. The van der Waals surface area contributed by atoms with Gasteiger partial charge in [0.1, 0.15) is 11.9 Å². The lowest BCUT2D eigenvalue weighted by Crippen LogP contribution is -2.50. The molecule has 4 aromatic rings. The van der Waals surface area contributed by atoms with Crippen LogP contribution in [0.3, 0.4) is 0 Å². The van der Waals surface area contributed by atoms with Gasteiger partial charge in [-0.25, -0.2) is 17.5 Å². The van der Waals surface area contributed by atoms with Crippen LogP contribution in [0, 0.1) is 5.82 Å². The number of amides is 2. The van der Waals surface area contributed by atoms with E-state index in [9.17, 15) is 22.4 Å². The van der Waals surface area contributed by atoms with Crippen LogP contribution in [0.2, 0.25) is 0 Å². The highest BCUT2D eigenvalue weighted by molar-refractivity contribution is 7.89. The molecular weight excluding hydrogens is 579 g/mol. The van der Waals surface area contributed by atoms with Gasteiger partial charge < -0.3 is 10.2 Å². The van der Waals surface area contributed by atoms with Gasteiger partial charge in [0.25, 0.3) is 0 Å². The number of rotatable bonds is 14. The van der Waals surface area contributed by atoms with E-state index >= 15 is 0 Å². The fraction of sp³-hybridized carbons (Fsp3) is 0.265. The van der Waals surface area contributed by atoms with Crippen LogP contribution in [0.4, 0.5) is 4.39 Å². The summed E-state index contributed by atoms with van der Waals surface area (Å²) < 4.78 is 41.4. The van der Waals surface area contributed by atoms with Crippen molar-refractivity contribution in [2.24, 2.45) is 0 Å². The molecule has 0 aliphatic heterocycles. The monoisotopic (exact) mass is 614 g/mol. The number of carbonyl (C=O) groups excluding carboxylic acids is 2. The van der Waals surface area contributed by atoms with Gasteiger partial charge in [0, 0.05) is 31.6 Å². The molecule has 10 heteroatoms. The van der Waals surface area contributed by atoms with Crippen molar-refractivity contribution < 1.29 is 22.4 Å². The van der Waals surface area contributed by atoms with E-state index in [-0.39, 0.29) is 48.7 Å². The standard InChI is InChI=1S/C34H35FN4O4S/c35-28-14-9-27(10-15-28)24-39(33(40)20-13-25-11-18-31(19-12-25)44(42,43)38-29-16-17-29)32(22-26-6-2-1-3-7-26)34(41)37-23-30-8-4-5-21-36-30/h1-12,14-15,18-19,21,29,32,38H,13,16-17,20,22-24H2,(H,37,41)/t32-/m0/s1. The molecule has 0 spiro atoms. The molecule has 1 aromatic heterocycles. The van der Waals surface area contributed by atoms with Gasteiger partial charge in [0.2, 0.25) is 21.8 Å². The number of sulfonamides is 1. The van der Waals surface area contributed by atoms with Crippen LogP contribution in [-0.4, -0.2) is 42.2 Å². The minimum Gasteiger partial charge on any atom is -0.349 e. The molecule has 0 bridgehead atoms. The van der Waals surface area contributed by atoms with Gasteiger partial charge in [-0.3, -0.25) is 14.6 Å². The molecule has 2 amide bonds. The number of halogens is 1. The van der Waals surface area contributed by atoms with E-state index in [0.717, 1.165) is 24.0 Å². The summed E-state index contributed by atoms with van der Waals surface area (Å²) in [4.78, 5) is 33.7. The minimum absolute atomic E-state index is 0.00868. The quantitative estimate of drug-likeness (QED) is 0.217.